The van der Waals surface area contributed by atoms with Gasteiger partial charge in [0.1, 0.15) is 18.0 Å². The number of halogens is 2. The molecular weight excluding hydrogens is 283 g/mol. The van der Waals surface area contributed by atoms with Crippen LogP contribution in [0.2, 0.25) is 10.0 Å². The van der Waals surface area contributed by atoms with Gasteiger partial charge in [0, 0.05) is 11.2 Å². The first-order chi connectivity index (χ1) is 9.22. The van der Waals surface area contributed by atoms with E-state index in [1.54, 1.807) is 18.3 Å². The number of rotatable bonds is 3. The predicted octanol–water partition coefficient (Wildman–Crippen LogP) is 4.22. The number of aromatic nitrogens is 2. The molecule has 0 spiro atoms. The first-order valence-electron chi connectivity index (χ1n) is 5.72. The zero-order chi connectivity index (χ0) is 13.2. The Bertz CT molecular complexity index is 707. The number of hydrogen-bond donors (Lipinski definition) is 0. The summed E-state index contributed by atoms with van der Waals surface area (Å²) in [4.78, 5) is 4.29. The highest BCUT2D eigenvalue weighted by Gasteiger charge is 2.04. The van der Waals surface area contributed by atoms with Crippen molar-refractivity contribution in [2.75, 3.05) is 0 Å². The largest absolute Gasteiger partial charge is 0.487 e. The second-order valence-corrected chi connectivity index (χ2v) is 4.94. The summed E-state index contributed by atoms with van der Waals surface area (Å²) in [5.74, 6) is 0.765. The third-order valence-corrected chi connectivity index (χ3v) is 3.22. The average Bonchev–Trinajstić information content (AvgIpc) is 2.80. The third-order valence-electron chi connectivity index (χ3n) is 2.75. The molecule has 2 heterocycles. The van der Waals surface area contributed by atoms with Gasteiger partial charge in [-0.25, -0.2) is 4.98 Å². The van der Waals surface area contributed by atoms with E-state index in [0.717, 1.165) is 17.1 Å². The van der Waals surface area contributed by atoms with E-state index in [9.17, 15) is 0 Å². The summed E-state index contributed by atoms with van der Waals surface area (Å²) in [6.45, 7) is 0.420. The molecule has 19 heavy (non-hydrogen) atoms. The predicted molar refractivity (Wildman–Crippen MR) is 76.0 cm³/mol. The highest BCUT2D eigenvalue weighted by molar-refractivity contribution is 6.30. The van der Waals surface area contributed by atoms with Crippen LogP contribution in [-0.2, 0) is 6.61 Å². The van der Waals surface area contributed by atoms with Crippen molar-refractivity contribution >= 4 is 28.8 Å². The van der Waals surface area contributed by atoms with Crippen molar-refractivity contribution in [1.82, 2.24) is 9.38 Å². The van der Waals surface area contributed by atoms with Crippen molar-refractivity contribution in [2.45, 2.75) is 6.61 Å². The van der Waals surface area contributed by atoms with Crippen LogP contribution in [0.4, 0.5) is 0 Å². The van der Waals surface area contributed by atoms with Crippen LogP contribution in [0.5, 0.6) is 5.75 Å². The zero-order valence-corrected chi connectivity index (χ0v) is 11.4. The van der Waals surface area contributed by atoms with Crippen molar-refractivity contribution in [3.63, 3.8) is 0 Å². The molecule has 0 bridgehead atoms. The molecule has 1 aromatic carbocycles. The van der Waals surface area contributed by atoms with Crippen molar-refractivity contribution in [3.8, 4) is 5.75 Å². The highest BCUT2D eigenvalue weighted by atomic mass is 35.5. The van der Waals surface area contributed by atoms with Crippen molar-refractivity contribution in [3.05, 3.63) is 64.5 Å². The Kier molecular flexibility index (Phi) is 3.32. The van der Waals surface area contributed by atoms with Gasteiger partial charge in [0.25, 0.3) is 0 Å². The molecule has 0 unspecified atom stereocenters. The number of fused-ring (bicyclic) bond motifs is 1. The second kappa shape index (κ2) is 5.11. The Hall–Kier alpha value is -1.71. The Morgan fingerprint density at radius 3 is 2.53 bits per heavy atom. The lowest BCUT2D eigenvalue weighted by Crippen LogP contribution is -1.99. The van der Waals surface area contributed by atoms with Gasteiger partial charge in [-0.05, 0) is 36.4 Å². The van der Waals surface area contributed by atoms with Gasteiger partial charge in [0.2, 0.25) is 0 Å². The summed E-state index contributed by atoms with van der Waals surface area (Å²) >= 11 is 11.8. The van der Waals surface area contributed by atoms with Crippen LogP contribution in [0.25, 0.3) is 5.65 Å². The van der Waals surface area contributed by atoms with E-state index in [1.165, 1.54) is 0 Å². The summed E-state index contributed by atoms with van der Waals surface area (Å²) in [6, 6.07) is 10.9. The van der Waals surface area contributed by atoms with E-state index < -0.39 is 0 Å². The quantitative estimate of drug-likeness (QED) is 0.722. The maximum Gasteiger partial charge on any atom is 0.137 e. The van der Waals surface area contributed by atoms with E-state index in [2.05, 4.69) is 4.98 Å². The van der Waals surface area contributed by atoms with Crippen molar-refractivity contribution in [1.29, 1.82) is 0 Å². The lowest BCUT2D eigenvalue weighted by molar-refractivity contribution is 0.300. The first kappa shape index (κ1) is 12.3. The summed E-state index contributed by atoms with van der Waals surface area (Å²) in [7, 11) is 0. The maximum absolute atomic E-state index is 5.98. The fourth-order valence-corrected chi connectivity index (χ4v) is 2.09. The van der Waals surface area contributed by atoms with Gasteiger partial charge in [0.15, 0.2) is 0 Å². The third kappa shape index (κ3) is 2.67. The summed E-state index contributed by atoms with van der Waals surface area (Å²) < 4.78 is 7.61. The summed E-state index contributed by atoms with van der Waals surface area (Å²) in [6.07, 6.45) is 3.60. The second-order valence-electron chi connectivity index (χ2n) is 4.07. The minimum absolute atomic E-state index is 0.420. The molecule has 2 aromatic heterocycles. The topological polar surface area (TPSA) is 26.5 Å². The lowest BCUT2D eigenvalue weighted by Gasteiger charge is -2.06. The standard InChI is InChI=1S/C14H10Cl2N2O/c15-10-1-4-13(5-2-10)19-9-12-7-17-14-6-3-11(16)8-18(12)14/h1-8H,9H2. The van der Waals surface area contributed by atoms with Crippen molar-refractivity contribution in [2.24, 2.45) is 0 Å². The molecule has 0 aliphatic rings. The molecule has 0 fully saturated rings. The Morgan fingerprint density at radius 1 is 1.00 bits per heavy atom. The fourth-order valence-electron chi connectivity index (χ4n) is 1.80. The van der Waals surface area contributed by atoms with E-state index in [-0.39, 0.29) is 0 Å². The van der Waals surface area contributed by atoms with Crippen LogP contribution < -0.4 is 4.74 Å². The first-order valence-corrected chi connectivity index (χ1v) is 6.48. The SMILES string of the molecule is Clc1ccc(OCc2cnc3ccc(Cl)cn23)cc1. The number of pyridine rings is 1. The van der Waals surface area contributed by atoms with E-state index in [1.807, 2.05) is 34.9 Å². The Labute approximate surface area is 120 Å². The van der Waals surface area contributed by atoms with Crippen molar-refractivity contribution < 1.29 is 4.74 Å². The van der Waals surface area contributed by atoms with Gasteiger partial charge in [-0.3, -0.25) is 4.40 Å². The van der Waals surface area contributed by atoms with Crippen LogP contribution in [0.3, 0.4) is 0 Å². The number of nitrogens with zero attached hydrogens (tertiary/aromatic N) is 2. The normalized spacial score (nSPS) is 10.8. The van der Waals surface area contributed by atoms with E-state index in [0.29, 0.717) is 16.7 Å². The number of imidazole rings is 1. The smallest absolute Gasteiger partial charge is 0.137 e. The van der Waals surface area contributed by atoms with Gasteiger partial charge in [-0.15, -0.1) is 0 Å². The van der Waals surface area contributed by atoms with Crippen LogP contribution in [-0.4, -0.2) is 9.38 Å². The summed E-state index contributed by atoms with van der Waals surface area (Å²) in [5, 5.41) is 1.35. The molecule has 0 saturated heterocycles. The molecular formula is C14H10Cl2N2O. The minimum Gasteiger partial charge on any atom is -0.487 e. The van der Waals surface area contributed by atoms with Gasteiger partial charge in [0.05, 0.1) is 16.9 Å². The number of benzene rings is 1. The Balaban J connectivity index is 1.81. The minimum atomic E-state index is 0.420. The molecule has 0 aliphatic heterocycles. The van der Waals surface area contributed by atoms with Gasteiger partial charge in [-0.1, -0.05) is 23.2 Å². The maximum atomic E-state index is 5.98. The molecule has 0 atom stereocenters. The van der Waals surface area contributed by atoms with Gasteiger partial charge in [-0.2, -0.15) is 0 Å². The summed E-state index contributed by atoms with van der Waals surface area (Å²) in [5.41, 5.74) is 1.78. The number of ether oxygens (including phenoxy) is 1. The van der Waals surface area contributed by atoms with Crippen LogP contribution in [0.1, 0.15) is 5.69 Å². The molecule has 3 nitrogen and oxygen atoms in total. The highest BCUT2D eigenvalue weighted by Crippen LogP contribution is 2.18. The molecule has 0 aliphatic carbocycles. The molecule has 0 N–H and O–H groups in total. The lowest BCUT2D eigenvalue weighted by atomic mass is 10.3. The Morgan fingerprint density at radius 2 is 1.74 bits per heavy atom. The molecule has 3 rings (SSSR count). The fraction of sp³-hybridized carbons (Fsp3) is 0.0714. The molecule has 0 amide bonds. The van der Waals surface area contributed by atoms with E-state index >= 15 is 0 Å². The van der Waals surface area contributed by atoms with Gasteiger partial charge < -0.3 is 4.74 Å². The molecule has 96 valence electrons. The van der Waals surface area contributed by atoms with Crippen LogP contribution >= 0.6 is 23.2 Å². The van der Waals surface area contributed by atoms with E-state index in [4.69, 9.17) is 27.9 Å². The average molecular weight is 293 g/mol. The zero-order valence-electron chi connectivity index (χ0n) is 9.88. The molecule has 0 saturated carbocycles. The van der Waals surface area contributed by atoms with Gasteiger partial charge >= 0.3 is 0 Å². The molecule has 0 radical (unpaired) electrons. The van der Waals surface area contributed by atoms with Crippen LogP contribution in [0.15, 0.2) is 48.8 Å². The van der Waals surface area contributed by atoms with Crippen LogP contribution in [0, 0.1) is 0 Å². The molecule has 5 heteroatoms. The monoisotopic (exact) mass is 292 g/mol. The molecule has 3 aromatic rings. The number of hydrogen-bond acceptors (Lipinski definition) is 2.